The van der Waals surface area contributed by atoms with Gasteiger partial charge < -0.3 is 15.7 Å². The summed E-state index contributed by atoms with van der Waals surface area (Å²) in [5.74, 6) is 4.88. The zero-order chi connectivity index (χ0) is 21.5. The lowest BCUT2D eigenvalue weighted by atomic mass is 10.0. The van der Waals surface area contributed by atoms with Crippen molar-refractivity contribution in [3.05, 3.63) is 59.4 Å². The van der Waals surface area contributed by atoms with E-state index >= 15 is 0 Å². The third-order valence-corrected chi connectivity index (χ3v) is 5.04. The van der Waals surface area contributed by atoms with E-state index in [9.17, 15) is 20.0 Å². The smallest absolute Gasteiger partial charge is 0.269 e. The molecule has 30 heavy (non-hydrogen) atoms. The molecule has 1 aliphatic rings. The van der Waals surface area contributed by atoms with Crippen molar-refractivity contribution in [2.75, 3.05) is 13.6 Å². The predicted octanol–water partition coefficient (Wildman–Crippen LogP) is 0.917. The fourth-order valence-electron chi connectivity index (χ4n) is 3.42. The second-order valence-corrected chi connectivity index (χ2v) is 7.10. The van der Waals surface area contributed by atoms with E-state index in [4.69, 9.17) is 5.73 Å². The summed E-state index contributed by atoms with van der Waals surface area (Å²) in [6.07, 6.45) is 1.83. The van der Waals surface area contributed by atoms with Gasteiger partial charge in [-0.05, 0) is 24.3 Å². The van der Waals surface area contributed by atoms with Crippen molar-refractivity contribution >= 4 is 17.3 Å². The van der Waals surface area contributed by atoms with Crippen molar-refractivity contribution in [1.29, 1.82) is 5.26 Å². The van der Waals surface area contributed by atoms with Crippen molar-refractivity contribution in [2.45, 2.75) is 12.0 Å². The molecule has 0 radical (unpaired) electrons. The summed E-state index contributed by atoms with van der Waals surface area (Å²) < 4.78 is 1.63. The van der Waals surface area contributed by atoms with E-state index in [1.165, 1.54) is 4.90 Å². The van der Waals surface area contributed by atoms with Gasteiger partial charge >= 0.3 is 0 Å². The molecule has 1 fully saturated rings. The molecule has 148 valence electrons. The second kappa shape index (κ2) is 7.03. The molecule has 8 nitrogen and oxygen atoms in total. The molecule has 0 aliphatic carbocycles. The van der Waals surface area contributed by atoms with Crippen LogP contribution in [0.2, 0.25) is 0 Å². The lowest BCUT2D eigenvalue weighted by molar-refractivity contribution is -0.137. The molecular weight excluding hydrogens is 382 g/mol. The molecule has 2 amide bonds. The number of benzene rings is 1. The number of aromatic nitrogens is 2. The maximum atomic E-state index is 12.1. The van der Waals surface area contributed by atoms with Gasteiger partial charge in [-0.2, -0.15) is 5.26 Å². The van der Waals surface area contributed by atoms with Crippen LogP contribution in [0.3, 0.4) is 0 Å². The number of aliphatic hydroxyl groups is 1. The minimum atomic E-state index is -1.69. The number of carbonyl (C=O) groups is 2. The third-order valence-electron chi connectivity index (χ3n) is 5.04. The number of hydrogen-bond acceptors (Lipinski definition) is 5. The number of likely N-dealkylation sites (N-methyl/N-ethyl adjacent to an activating group) is 1. The fraction of sp³-hybridized carbons (Fsp3) is 0.182. The number of primary amides is 1. The molecule has 1 atom stereocenters. The highest BCUT2D eigenvalue weighted by molar-refractivity contribution is 5.99. The van der Waals surface area contributed by atoms with Crippen LogP contribution >= 0.6 is 0 Å². The Balaban J connectivity index is 1.80. The minimum Gasteiger partial charge on any atom is -0.369 e. The number of likely N-dealkylation sites (tertiary alicyclic amines) is 1. The molecule has 0 saturated carbocycles. The van der Waals surface area contributed by atoms with Crippen LogP contribution in [-0.2, 0) is 4.79 Å². The van der Waals surface area contributed by atoms with Gasteiger partial charge in [0.2, 0.25) is 5.60 Å². The minimum absolute atomic E-state index is 0.0971. The highest BCUT2D eigenvalue weighted by Crippen LogP contribution is 2.25. The van der Waals surface area contributed by atoms with Crippen molar-refractivity contribution in [1.82, 2.24) is 14.3 Å². The van der Waals surface area contributed by atoms with E-state index in [0.717, 1.165) is 0 Å². The molecule has 1 aromatic carbocycles. The molecule has 4 rings (SSSR count). The Morgan fingerprint density at radius 2 is 2.10 bits per heavy atom. The molecule has 0 spiro atoms. The van der Waals surface area contributed by atoms with Gasteiger partial charge in [0.25, 0.3) is 11.8 Å². The molecule has 0 bridgehead atoms. The maximum absolute atomic E-state index is 12.1. The highest BCUT2D eigenvalue weighted by Gasteiger charge is 2.42. The van der Waals surface area contributed by atoms with E-state index < -0.39 is 17.4 Å². The molecule has 3 N–H and O–H groups in total. The number of amides is 2. The van der Waals surface area contributed by atoms with Crippen LogP contribution in [0.15, 0.2) is 42.6 Å². The topological polar surface area (TPSA) is 125 Å². The zero-order valence-corrected chi connectivity index (χ0v) is 16.1. The molecule has 1 aliphatic heterocycles. The summed E-state index contributed by atoms with van der Waals surface area (Å²) in [5, 5.41) is 19.7. The van der Waals surface area contributed by atoms with Crippen LogP contribution < -0.4 is 5.73 Å². The standard InChI is InChI=1S/C22H17N5O3/c1-26-10-9-22(30,21(26)29)8-7-14-3-2-4-16(11-14)20-25-18(19(24)28)17-6-5-15(12-23)13-27(17)20/h2-6,11,13,30H,9-10H2,1H3,(H2,24,28)/t22-/m0/s1. The Kier molecular flexibility index (Phi) is 4.50. The molecule has 1 saturated heterocycles. The summed E-state index contributed by atoms with van der Waals surface area (Å²) in [6, 6.07) is 12.3. The predicted molar refractivity (Wildman–Crippen MR) is 108 cm³/mol. The van der Waals surface area contributed by atoms with Crippen LogP contribution in [0.5, 0.6) is 0 Å². The van der Waals surface area contributed by atoms with Crippen LogP contribution in [0.25, 0.3) is 16.9 Å². The normalized spacial score (nSPS) is 18.2. The Hall–Kier alpha value is -4.14. The average Bonchev–Trinajstić information content (AvgIpc) is 3.26. The maximum Gasteiger partial charge on any atom is 0.269 e. The van der Waals surface area contributed by atoms with Crippen LogP contribution in [0.4, 0.5) is 0 Å². The van der Waals surface area contributed by atoms with Gasteiger partial charge in [0.1, 0.15) is 11.9 Å². The molecule has 3 aromatic rings. The molecule has 8 heteroatoms. The number of nitrogens with zero attached hydrogens (tertiary/aromatic N) is 4. The molecule has 3 heterocycles. The number of nitrogens with two attached hydrogens (primary N) is 1. The van der Waals surface area contributed by atoms with Gasteiger partial charge in [-0.25, -0.2) is 4.98 Å². The van der Waals surface area contributed by atoms with Gasteiger partial charge in [-0.1, -0.05) is 24.0 Å². The first-order chi connectivity index (χ1) is 14.3. The van der Waals surface area contributed by atoms with Crippen LogP contribution in [0.1, 0.15) is 28.0 Å². The van der Waals surface area contributed by atoms with Gasteiger partial charge in [0.15, 0.2) is 5.69 Å². The highest BCUT2D eigenvalue weighted by atomic mass is 16.3. The molecule has 2 aromatic heterocycles. The summed E-state index contributed by atoms with van der Waals surface area (Å²) in [6.45, 7) is 0.446. The lowest BCUT2D eigenvalue weighted by Gasteiger charge is -2.13. The van der Waals surface area contributed by atoms with Gasteiger partial charge in [0.05, 0.1) is 11.1 Å². The molecular formula is C22H17N5O3. The largest absolute Gasteiger partial charge is 0.369 e. The number of carbonyl (C=O) groups excluding carboxylic acids is 2. The number of pyridine rings is 1. The Morgan fingerprint density at radius 3 is 2.77 bits per heavy atom. The number of fused-ring (bicyclic) bond motifs is 1. The van der Waals surface area contributed by atoms with Gasteiger partial charge in [-0.3, -0.25) is 14.0 Å². The number of imidazole rings is 1. The first kappa shape index (κ1) is 19.2. The van der Waals surface area contributed by atoms with E-state index in [1.807, 2.05) is 0 Å². The Labute approximate surface area is 172 Å². The fourth-order valence-corrected chi connectivity index (χ4v) is 3.42. The molecule has 0 unspecified atom stereocenters. The first-order valence-corrected chi connectivity index (χ1v) is 9.16. The van der Waals surface area contributed by atoms with Crippen molar-refractivity contribution in [3.8, 4) is 29.3 Å². The van der Waals surface area contributed by atoms with Gasteiger partial charge in [0, 0.05) is 37.3 Å². The number of nitriles is 1. The van der Waals surface area contributed by atoms with Gasteiger partial charge in [-0.15, -0.1) is 0 Å². The third kappa shape index (κ3) is 3.16. The van der Waals surface area contributed by atoms with E-state index in [0.29, 0.717) is 34.6 Å². The SMILES string of the molecule is CN1CC[C@@](O)(C#Cc2cccc(-c3nc(C(N)=O)c4ccc(C#N)cn34)c2)C1=O. The van der Waals surface area contributed by atoms with Crippen molar-refractivity contribution in [3.63, 3.8) is 0 Å². The van der Waals surface area contributed by atoms with Crippen LogP contribution in [0, 0.1) is 23.2 Å². The number of hydrogen-bond donors (Lipinski definition) is 2. The monoisotopic (exact) mass is 399 g/mol. The quantitative estimate of drug-likeness (QED) is 0.620. The first-order valence-electron chi connectivity index (χ1n) is 9.16. The van der Waals surface area contributed by atoms with Crippen molar-refractivity contribution < 1.29 is 14.7 Å². The lowest BCUT2D eigenvalue weighted by Crippen LogP contribution is -2.37. The van der Waals surface area contributed by atoms with E-state index in [2.05, 4.69) is 22.9 Å². The van der Waals surface area contributed by atoms with Crippen LogP contribution in [-0.4, -0.2) is 50.4 Å². The van der Waals surface area contributed by atoms with E-state index in [1.54, 1.807) is 54.0 Å². The summed E-state index contributed by atoms with van der Waals surface area (Å²) >= 11 is 0. The average molecular weight is 399 g/mol. The number of rotatable bonds is 2. The van der Waals surface area contributed by atoms with E-state index in [-0.39, 0.29) is 12.1 Å². The summed E-state index contributed by atoms with van der Waals surface area (Å²) in [7, 11) is 1.62. The summed E-state index contributed by atoms with van der Waals surface area (Å²) in [5.41, 5.74) is 5.97. The Bertz CT molecular complexity index is 1310. The zero-order valence-electron chi connectivity index (χ0n) is 16.1. The summed E-state index contributed by atoms with van der Waals surface area (Å²) in [4.78, 5) is 29.7. The van der Waals surface area contributed by atoms with Crippen molar-refractivity contribution in [2.24, 2.45) is 5.73 Å². The second-order valence-electron chi connectivity index (χ2n) is 7.10. The Morgan fingerprint density at radius 1 is 1.30 bits per heavy atom.